The lowest BCUT2D eigenvalue weighted by Gasteiger charge is -2.32. The predicted octanol–water partition coefficient (Wildman–Crippen LogP) is -0.348. The summed E-state index contributed by atoms with van der Waals surface area (Å²) in [6, 6.07) is 2.50. The van der Waals surface area contributed by atoms with Crippen LogP contribution in [0.3, 0.4) is 0 Å². The number of amides is 1. The molecule has 0 aliphatic carbocycles. The number of hydrogen-bond acceptors (Lipinski definition) is 4. The highest BCUT2D eigenvalue weighted by Crippen LogP contribution is 1.99. The Labute approximate surface area is 97.0 Å². The summed E-state index contributed by atoms with van der Waals surface area (Å²) in [4.78, 5) is 15.6. The van der Waals surface area contributed by atoms with Gasteiger partial charge in [0.05, 0.1) is 19.0 Å². The van der Waals surface area contributed by atoms with Gasteiger partial charge in [0, 0.05) is 39.3 Å². The van der Waals surface area contributed by atoms with E-state index in [2.05, 4.69) is 17.1 Å². The van der Waals surface area contributed by atoms with Crippen LogP contribution in [0, 0.1) is 11.3 Å². The van der Waals surface area contributed by atoms with Gasteiger partial charge in [0.25, 0.3) is 0 Å². The maximum absolute atomic E-state index is 11.8. The third kappa shape index (κ3) is 4.17. The molecule has 1 N–H and O–H groups in total. The van der Waals surface area contributed by atoms with Crippen LogP contribution in [-0.2, 0) is 4.79 Å². The first-order chi connectivity index (χ1) is 7.63. The van der Waals surface area contributed by atoms with Crippen LogP contribution in [-0.4, -0.2) is 61.5 Å². The van der Waals surface area contributed by atoms with Crippen molar-refractivity contribution in [2.24, 2.45) is 0 Å². The monoisotopic (exact) mass is 224 g/mol. The molecule has 1 aliphatic heterocycles. The summed E-state index contributed by atoms with van der Waals surface area (Å²) in [7, 11) is 1.76. The van der Waals surface area contributed by atoms with Crippen LogP contribution in [0.25, 0.3) is 0 Å². The Bertz CT molecular complexity index is 274. The van der Waals surface area contributed by atoms with E-state index < -0.39 is 0 Å². The maximum Gasteiger partial charge on any atom is 0.236 e. The summed E-state index contributed by atoms with van der Waals surface area (Å²) in [6.07, 6.45) is 0.403. The second-order valence-electron chi connectivity index (χ2n) is 4.31. The van der Waals surface area contributed by atoms with Crippen LogP contribution in [0.5, 0.6) is 0 Å². The van der Waals surface area contributed by atoms with Crippen LogP contribution < -0.4 is 5.32 Å². The average Bonchev–Trinajstić information content (AvgIpc) is 2.25. The lowest BCUT2D eigenvalue weighted by molar-refractivity contribution is -0.131. The number of nitriles is 1. The normalized spacial score (nSPS) is 21.4. The molecule has 0 spiro atoms. The van der Waals surface area contributed by atoms with Gasteiger partial charge >= 0.3 is 0 Å². The molecule has 0 aromatic carbocycles. The van der Waals surface area contributed by atoms with Gasteiger partial charge in [-0.25, -0.2) is 0 Å². The summed E-state index contributed by atoms with van der Waals surface area (Å²) < 4.78 is 0. The number of piperazine rings is 1. The Hall–Kier alpha value is -1.12. The first kappa shape index (κ1) is 12.9. The van der Waals surface area contributed by atoms with E-state index >= 15 is 0 Å². The van der Waals surface area contributed by atoms with Crippen LogP contribution in [0.4, 0.5) is 0 Å². The van der Waals surface area contributed by atoms with Crippen LogP contribution in [0.1, 0.15) is 13.3 Å². The van der Waals surface area contributed by atoms with Crippen LogP contribution in [0.2, 0.25) is 0 Å². The van der Waals surface area contributed by atoms with Gasteiger partial charge in [-0.05, 0) is 6.92 Å². The van der Waals surface area contributed by atoms with Gasteiger partial charge in [0.1, 0.15) is 0 Å². The zero-order valence-corrected chi connectivity index (χ0v) is 10.1. The molecule has 0 bridgehead atoms. The standard InChI is InChI=1S/C11H20N4O/c1-10-8-15(7-5-13-10)9-11(16)14(2)6-3-4-12/h10,13H,3,5-9H2,1-2H3/t10-/m0/s1. The highest BCUT2D eigenvalue weighted by atomic mass is 16.2. The lowest BCUT2D eigenvalue weighted by Crippen LogP contribution is -2.52. The number of nitrogens with zero attached hydrogens (tertiary/aromatic N) is 3. The molecule has 1 heterocycles. The molecule has 0 radical (unpaired) electrons. The van der Waals surface area contributed by atoms with E-state index in [4.69, 9.17) is 5.26 Å². The molecule has 5 heteroatoms. The highest BCUT2D eigenvalue weighted by Gasteiger charge is 2.19. The summed E-state index contributed by atoms with van der Waals surface area (Å²) in [5, 5.41) is 11.8. The molecule has 1 amide bonds. The molecule has 1 rings (SSSR count). The first-order valence-electron chi connectivity index (χ1n) is 5.70. The fraction of sp³-hybridized carbons (Fsp3) is 0.818. The topological polar surface area (TPSA) is 59.4 Å². The summed E-state index contributed by atoms with van der Waals surface area (Å²) in [5.41, 5.74) is 0. The van der Waals surface area contributed by atoms with E-state index in [1.807, 2.05) is 6.07 Å². The van der Waals surface area contributed by atoms with Crippen molar-refractivity contribution in [3.63, 3.8) is 0 Å². The second kappa shape index (κ2) is 6.46. The molecule has 5 nitrogen and oxygen atoms in total. The Balaban J connectivity index is 2.30. The van der Waals surface area contributed by atoms with Crippen LogP contribution >= 0.6 is 0 Å². The van der Waals surface area contributed by atoms with E-state index in [9.17, 15) is 4.79 Å². The minimum atomic E-state index is 0.101. The number of nitrogens with one attached hydrogen (secondary N) is 1. The zero-order chi connectivity index (χ0) is 12.0. The van der Waals surface area contributed by atoms with Crippen molar-refractivity contribution in [3.05, 3.63) is 0 Å². The molecular formula is C11H20N4O. The van der Waals surface area contributed by atoms with Gasteiger partial charge in [0.15, 0.2) is 0 Å². The minimum Gasteiger partial charge on any atom is -0.344 e. The number of likely N-dealkylation sites (N-methyl/N-ethyl adjacent to an activating group) is 1. The Morgan fingerprint density at radius 1 is 1.69 bits per heavy atom. The summed E-state index contributed by atoms with van der Waals surface area (Å²) in [5.74, 6) is 0.101. The molecule has 16 heavy (non-hydrogen) atoms. The minimum absolute atomic E-state index is 0.101. The molecule has 1 saturated heterocycles. The van der Waals surface area contributed by atoms with Gasteiger partial charge in [-0.1, -0.05) is 0 Å². The molecule has 1 fully saturated rings. The van der Waals surface area contributed by atoms with E-state index in [0.717, 1.165) is 19.6 Å². The average molecular weight is 224 g/mol. The van der Waals surface area contributed by atoms with Gasteiger partial charge < -0.3 is 10.2 Å². The predicted molar refractivity (Wildman–Crippen MR) is 61.8 cm³/mol. The third-order valence-electron chi connectivity index (χ3n) is 2.80. The molecule has 90 valence electrons. The smallest absolute Gasteiger partial charge is 0.236 e. The Morgan fingerprint density at radius 3 is 3.06 bits per heavy atom. The van der Waals surface area contributed by atoms with Crippen molar-refractivity contribution >= 4 is 5.91 Å². The number of carbonyl (C=O) groups excluding carboxylic acids is 1. The molecule has 0 unspecified atom stereocenters. The molecule has 1 atom stereocenters. The molecule has 1 aliphatic rings. The van der Waals surface area contributed by atoms with Gasteiger partial charge in [-0.3, -0.25) is 9.69 Å². The van der Waals surface area contributed by atoms with Crippen molar-refractivity contribution in [1.29, 1.82) is 5.26 Å². The fourth-order valence-electron chi connectivity index (χ4n) is 1.81. The third-order valence-corrected chi connectivity index (χ3v) is 2.80. The molecule has 0 aromatic heterocycles. The van der Waals surface area contributed by atoms with Gasteiger partial charge in [-0.2, -0.15) is 5.26 Å². The zero-order valence-electron chi connectivity index (χ0n) is 10.1. The number of carbonyl (C=O) groups is 1. The van der Waals surface area contributed by atoms with Crippen molar-refractivity contribution in [3.8, 4) is 6.07 Å². The Morgan fingerprint density at radius 2 is 2.44 bits per heavy atom. The van der Waals surface area contributed by atoms with E-state index in [0.29, 0.717) is 25.6 Å². The van der Waals surface area contributed by atoms with Gasteiger partial charge in [-0.15, -0.1) is 0 Å². The maximum atomic E-state index is 11.8. The van der Waals surface area contributed by atoms with Crippen molar-refractivity contribution in [2.75, 3.05) is 39.8 Å². The number of rotatable bonds is 4. The van der Waals surface area contributed by atoms with Crippen molar-refractivity contribution < 1.29 is 4.79 Å². The first-order valence-corrected chi connectivity index (χ1v) is 5.70. The molecular weight excluding hydrogens is 204 g/mol. The van der Waals surface area contributed by atoms with E-state index in [1.165, 1.54) is 0 Å². The SMILES string of the molecule is C[C@H]1CN(CC(=O)N(C)CCC#N)CCN1. The lowest BCUT2D eigenvalue weighted by atomic mass is 10.2. The molecule has 0 saturated carbocycles. The summed E-state index contributed by atoms with van der Waals surface area (Å²) >= 11 is 0. The van der Waals surface area contributed by atoms with Crippen molar-refractivity contribution in [2.45, 2.75) is 19.4 Å². The fourth-order valence-corrected chi connectivity index (χ4v) is 1.81. The largest absolute Gasteiger partial charge is 0.344 e. The number of hydrogen-bond donors (Lipinski definition) is 1. The second-order valence-corrected chi connectivity index (χ2v) is 4.31. The Kier molecular flexibility index (Phi) is 5.23. The van der Waals surface area contributed by atoms with Gasteiger partial charge in [0.2, 0.25) is 5.91 Å². The highest BCUT2D eigenvalue weighted by molar-refractivity contribution is 5.78. The van der Waals surface area contributed by atoms with Crippen LogP contribution in [0.15, 0.2) is 0 Å². The van der Waals surface area contributed by atoms with E-state index in [1.54, 1.807) is 11.9 Å². The quantitative estimate of drug-likeness (QED) is 0.709. The van der Waals surface area contributed by atoms with E-state index in [-0.39, 0.29) is 5.91 Å². The summed E-state index contributed by atoms with van der Waals surface area (Å²) in [6.45, 7) is 5.89. The van der Waals surface area contributed by atoms with Crippen molar-refractivity contribution in [1.82, 2.24) is 15.1 Å². The molecule has 0 aromatic rings.